The monoisotopic (exact) mass is 220 g/mol. The first kappa shape index (κ1) is 9.92. The van der Waals surface area contributed by atoms with E-state index < -0.39 is 0 Å². The van der Waals surface area contributed by atoms with E-state index in [9.17, 15) is 0 Å². The van der Waals surface area contributed by atoms with E-state index in [4.69, 9.17) is 6.57 Å². The van der Waals surface area contributed by atoms with Crippen molar-refractivity contribution in [2.75, 3.05) is 0 Å². The lowest BCUT2D eigenvalue weighted by Crippen LogP contribution is -1.92. The first-order chi connectivity index (χ1) is 8.35. The zero-order valence-corrected chi connectivity index (χ0v) is 9.64. The van der Waals surface area contributed by atoms with Crippen molar-refractivity contribution < 1.29 is 0 Å². The van der Waals surface area contributed by atoms with Gasteiger partial charge in [0, 0.05) is 23.0 Å². The lowest BCUT2D eigenvalue weighted by Gasteiger charge is -2.02. The molecule has 0 N–H and O–H groups in total. The predicted octanol–water partition coefficient (Wildman–Crippen LogP) is 4.37. The third kappa shape index (κ3) is 1.33. The molecule has 0 fully saturated rings. The van der Waals surface area contributed by atoms with Gasteiger partial charge in [-0.25, -0.2) is 4.85 Å². The van der Waals surface area contributed by atoms with E-state index in [2.05, 4.69) is 34.5 Å². The Bertz CT molecular complexity index is 745. The maximum Gasteiger partial charge on any atom is 0.188 e. The number of benzene rings is 2. The van der Waals surface area contributed by atoms with Gasteiger partial charge in [-0.1, -0.05) is 24.3 Å². The van der Waals surface area contributed by atoms with Crippen molar-refractivity contribution >= 4 is 27.5 Å². The topological polar surface area (TPSA) is 9.29 Å². The highest BCUT2D eigenvalue weighted by Gasteiger charge is 2.08. The maximum absolute atomic E-state index is 7.10. The molecular formula is C15H12N2. The molecule has 0 spiro atoms. The molecule has 82 valence electrons. The summed E-state index contributed by atoms with van der Waals surface area (Å²) in [6, 6.07) is 14.3. The molecule has 0 amide bonds. The van der Waals surface area contributed by atoms with Gasteiger partial charge >= 0.3 is 0 Å². The number of nitrogens with zero attached hydrogens (tertiary/aromatic N) is 2. The summed E-state index contributed by atoms with van der Waals surface area (Å²) in [5, 5.41) is 2.41. The fraction of sp³-hybridized carbons (Fsp3) is 0.133. The van der Waals surface area contributed by atoms with Crippen molar-refractivity contribution in [3.05, 3.63) is 53.9 Å². The molecule has 0 saturated heterocycles. The Morgan fingerprint density at radius 1 is 1.06 bits per heavy atom. The summed E-state index contributed by atoms with van der Waals surface area (Å²) in [4.78, 5) is 3.50. The van der Waals surface area contributed by atoms with Crippen LogP contribution in [0.1, 0.15) is 6.92 Å². The highest BCUT2D eigenvalue weighted by molar-refractivity contribution is 6.09. The van der Waals surface area contributed by atoms with Crippen LogP contribution >= 0.6 is 0 Å². The first-order valence-corrected chi connectivity index (χ1v) is 5.73. The zero-order valence-electron chi connectivity index (χ0n) is 9.64. The van der Waals surface area contributed by atoms with Gasteiger partial charge in [-0.05, 0) is 30.5 Å². The highest BCUT2D eigenvalue weighted by Crippen LogP contribution is 2.31. The zero-order chi connectivity index (χ0) is 11.8. The predicted molar refractivity (Wildman–Crippen MR) is 71.4 cm³/mol. The summed E-state index contributed by atoms with van der Waals surface area (Å²) in [7, 11) is 0. The van der Waals surface area contributed by atoms with E-state index in [-0.39, 0.29) is 0 Å². The minimum absolute atomic E-state index is 0.705. The number of rotatable bonds is 1. The van der Waals surface area contributed by atoms with E-state index >= 15 is 0 Å². The summed E-state index contributed by atoms with van der Waals surface area (Å²) in [5.74, 6) is 0. The maximum atomic E-state index is 7.10. The van der Waals surface area contributed by atoms with Crippen molar-refractivity contribution in [3.63, 3.8) is 0 Å². The van der Waals surface area contributed by atoms with Gasteiger partial charge in [0.15, 0.2) is 5.69 Å². The molecule has 2 aromatic carbocycles. The molecule has 0 atom stereocenters. The second-order valence-corrected chi connectivity index (χ2v) is 4.07. The van der Waals surface area contributed by atoms with E-state index in [1.165, 1.54) is 21.8 Å². The second-order valence-electron chi connectivity index (χ2n) is 4.07. The third-order valence-electron chi connectivity index (χ3n) is 3.20. The van der Waals surface area contributed by atoms with Crippen LogP contribution in [0.5, 0.6) is 0 Å². The standard InChI is InChI=1S/C15H12N2/c1-3-17-14-7-5-4-6-12(14)13-10-11(16-2)8-9-15(13)17/h4-10H,3H2,1H3. The van der Waals surface area contributed by atoms with E-state index in [0.29, 0.717) is 5.69 Å². The Kier molecular flexibility index (Phi) is 2.12. The van der Waals surface area contributed by atoms with Gasteiger partial charge in [-0.3, -0.25) is 0 Å². The molecule has 2 nitrogen and oxygen atoms in total. The molecular weight excluding hydrogens is 208 g/mol. The largest absolute Gasteiger partial charge is 0.341 e. The molecule has 0 aliphatic heterocycles. The smallest absolute Gasteiger partial charge is 0.188 e. The average molecular weight is 220 g/mol. The van der Waals surface area contributed by atoms with Crippen LogP contribution in [0.15, 0.2) is 42.5 Å². The van der Waals surface area contributed by atoms with Crippen LogP contribution in [0, 0.1) is 6.57 Å². The van der Waals surface area contributed by atoms with Gasteiger partial charge in [0.2, 0.25) is 0 Å². The number of aromatic nitrogens is 1. The highest BCUT2D eigenvalue weighted by atomic mass is 15.0. The van der Waals surface area contributed by atoms with Crippen LogP contribution in [0.4, 0.5) is 5.69 Å². The molecule has 2 heteroatoms. The minimum atomic E-state index is 0.705. The van der Waals surface area contributed by atoms with Crippen molar-refractivity contribution in [2.24, 2.45) is 0 Å². The van der Waals surface area contributed by atoms with E-state index in [1.807, 2.05) is 24.3 Å². The fourth-order valence-electron chi connectivity index (χ4n) is 2.45. The van der Waals surface area contributed by atoms with Crippen molar-refractivity contribution in [3.8, 4) is 0 Å². The molecule has 1 heterocycles. The van der Waals surface area contributed by atoms with Crippen LogP contribution in [-0.2, 0) is 6.54 Å². The fourth-order valence-corrected chi connectivity index (χ4v) is 2.45. The summed E-state index contributed by atoms with van der Waals surface area (Å²) < 4.78 is 2.29. The van der Waals surface area contributed by atoms with Gasteiger partial charge in [0.05, 0.1) is 6.57 Å². The average Bonchev–Trinajstić information content (AvgIpc) is 2.71. The summed E-state index contributed by atoms with van der Waals surface area (Å²) in [5.41, 5.74) is 3.16. The Morgan fingerprint density at radius 2 is 1.82 bits per heavy atom. The van der Waals surface area contributed by atoms with Gasteiger partial charge < -0.3 is 4.57 Å². The Hall–Kier alpha value is -2.27. The van der Waals surface area contributed by atoms with Crippen molar-refractivity contribution in [2.45, 2.75) is 13.5 Å². The first-order valence-electron chi connectivity index (χ1n) is 5.73. The molecule has 1 aromatic heterocycles. The summed E-state index contributed by atoms with van der Waals surface area (Å²) in [6.07, 6.45) is 0. The number of hydrogen-bond acceptors (Lipinski definition) is 0. The van der Waals surface area contributed by atoms with Crippen LogP contribution in [-0.4, -0.2) is 4.57 Å². The Labute approximate surface area is 99.9 Å². The van der Waals surface area contributed by atoms with Crippen LogP contribution < -0.4 is 0 Å². The molecule has 17 heavy (non-hydrogen) atoms. The van der Waals surface area contributed by atoms with Crippen LogP contribution in [0.3, 0.4) is 0 Å². The number of aryl methyl sites for hydroxylation is 1. The molecule has 0 bridgehead atoms. The normalized spacial score (nSPS) is 10.8. The Balaban J connectivity index is 2.55. The Morgan fingerprint density at radius 3 is 2.59 bits per heavy atom. The lowest BCUT2D eigenvalue weighted by molar-refractivity contribution is 0.827. The van der Waals surface area contributed by atoms with Gasteiger partial charge in [-0.2, -0.15) is 0 Å². The minimum Gasteiger partial charge on any atom is -0.341 e. The molecule has 0 unspecified atom stereocenters. The molecule has 0 aliphatic carbocycles. The number of para-hydroxylation sites is 1. The molecule has 0 radical (unpaired) electrons. The number of hydrogen-bond donors (Lipinski definition) is 0. The lowest BCUT2D eigenvalue weighted by atomic mass is 10.1. The number of fused-ring (bicyclic) bond motifs is 3. The van der Waals surface area contributed by atoms with Crippen molar-refractivity contribution in [1.29, 1.82) is 0 Å². The van der Waals surface area contributed by atoms with E-state index in [1.54, 1.807) is 0 Å². The van der Waals surface area contributed by atoms with E-state index in [0.717, 1.165) is 6.54 Å². The summed E-state index contributed by atoms with van der Waals surface area (Å²) in [6.45, 7) is 10.2. The summed E-state index contributed by atoms with van der Waals surface area (Å²) >= 11 is 0. The van der Waals surface area contributed by atoms with Crippen molar-refractivity contribution in [1.82, 2.24) is 4.57 Å². The molecule has 0 aliphatic rings. The second kappa shape index (κ2) is 3.64. The third-order valence-corrected chi connectivity index (χ3v) is 3.20. The molecule has 3 rings (SSSR count). The van der Waals surface area contributed by atoms with Crippen LogP contribution in [0.25, 0.3) is 26.7 Å². The van der Waals surface area contributed by atoms with Gasteiger partial charge in [0.1, 0.15) is 0 Å². The van der Waals surface area contributed by atoms with Gasteiger partial charge in [0.25, 0.3) is 0 Å². The van der Waals surface area contributed by atoms with Gasteiger partial charge in [-0.15, -0.1) is 0 Å². The quantitative estimate of drug-likeness (QED) is 0.539. The SMILES string of the molecule is [C-]#[N+]c1ccc2c(c1)c1ccccc1n2CC. The molecule has 0 saturated carbocycles. The van der Waals surface area contributed by atoms with Crippen LogP contribution in [0.2, 0.25) is 0 Å². The molecule has 3 aromatic rings.